The number of rotatable bonds is 8. The van der Waals surface area contributed by atoms with E-state index < -0.39 is 12.0 Å². The van der Waals surface area contributed by atoms with Gasteiger partial charge in [-0.05, 0) is 69.2 Å². The van der Waals surface area contributed by atoms with E-state index in [-0.39, 0.29) is 18.3 Å². The van der Waals surface area contributed by atoms with Crippen LogP contribution in [0, 0.1) is 11.3 Å². The number of ether oxygens (including phenoxy) is 3. The zero-order valence-corrected chi connectivity index (χ0v) is 21.9. The maximum Gasteiger partial charge on any atom is 0.338 e. The normalized spacial score (nSPS) is 15.1. The molecule has 0 unspecified atom stereocenters. The number of carbonyl (C=O) groups is 1. The summed E-state index contributed by atoms with van der Waals surface area (Å²) in [5.41, 5.74) is 2.13. The molecular weight excluding hydrogens is 490 g/mol. The van der Waals surface area contributed by atoms with Gasteiger partial charge in [-0.15, -0.1) is 0 Å². The Morgan fingerprint density at radius 3 is 2.41 bits per heavy atom. The summed E-state index contributed by atoms with van der Waals surface area (Å²) in [6, 6.07) is 15.7. The van der Waals surface area contributed by atoms with E-state index >= 15 is 0 Å². The molecule has 2 heterocycles. The van der Waals surface area contributed by atoms with Gasteiger partial charge in [0.15, 0.2) is 11.4 Å². The van der Waals surface area contributed by atoms with Gasteiger partial charge in [-0.1, -0.05) is 35.6 Å². The number of fused-ring (bicyclic) bond motifs is 1. The first-order valence-corrected chi connectivity index (χ1v) is 12.7. The summed E-state index contributed by atoms with van der Waals surface area (Å²) in [6.45, 7) is 7.73. The van der Waals surface area contributed by atoms with E-state index in [1.54, 1.807) is 43.5 Å². The van der Waals surface area contributed by atoms with Crippen LogP contribution >= 0.6 is 11.3 Å². The quantitative estimate of drug-likeness (QED) is 0.424. The summed E-state index contributed by atoms with van der Waals surface area (Å²) in [7, 11) is 0. The average Bonchev–Trinajstić information content (AvgIpc) is 3.17. The first-order chi connectivity index (χ1) is 17.8. The minimum absolute atomic E-state index is 0.0373. The molecule has 0 radical (unpaired) electrons. The van der Waals surface area contributed by atoms with Gasteiger partial charge in [0.2, 0.25) is 0 Å². The van der Waals surface area contributed by atoms with Crippen LogP contribution in [0.2, 0.25) is 0 Å². The number of hydrogen-bond donors (Lipinski definition) is 0. The Kier molecular flexibility index (Phi) is 7.89. The standard InChI is InChI=1S/C28H27N3O5S/c1-5-34-21-12-8-20(9-13-21)25-24(27(33)36-17(2)3)18(4)30-28-31(25)26(32)23(37-28)16-19-6-10-22(11-7-19)35-15-14-29/h6-13,16-17,25H,5,15H2,1-4H3/b23-16+/t25-/m1/s1. The van der Waals surface area contributed by atoms with Crippen LogP contribution in [-0.2, 0) is 9.53 Å². The molecule has 1 aromatic heterocycles. The maximum atomic E-state index is 13.7. The minimum Gasteiger partial charge on any atom is -0.494 e. The van der Waals surface area contributed by atoms with Gasteiger partial charge in [0, 0.05) is 0 Å². The third-order valence-electron chi connectivity index (χ3n) is 5.57. The zero-order chi connectivity index (χ0) is 26.5. The summed E-state index contributed by atoms with van der Waals surface area (Å²) in [5.74, 6) is 0.768. The van der Waals surface area contributed by atoms with Crippen molar-refractivity contribution in [2.24, 2.45) is 4.99 Å². The largest absolute Gasteiger partial charge is 0.494 e. The van der Waals surface area contributed by atoms with Crippen molar-refractivity contribution in [3.05, 3.63) is 90.6 Å². The van der Waals surface area contributed by atoms with E-state index in [1.165, 1.54) is 11.3 Å². The molecule has 0 saturated carbocycles. The molecule has 4 rings (SSSR count). The van der Waals surface area contributed by atoms with Gasteiger partial charge < -0.3 is 14.2 Å². The molecule has 0 saturated heterocycles. The third kappa shape index (κ3) is 5.65. The lowest BCUT2D eigenvalue weighted by Crippen LogP contribution is -2.40. The second-order valence-corrected chi connectivity index (χ2v) is 9.56. The molecule has 37 heavy (non-hydrogen) atoms. The van der Waals surface area contributed by atoms with Crippen LogP contribution in [0.5, 0.6) is 11.5 Å². The van der Waals surface area contributed by atoms with Crippen molar-refractivity contribution in [2.75, 3.05) is 13.2 Å². The average molecular weight is 518 g/mol. The Morgan fingerprint density at radius 1 is 1.14 bits per heavy atom. The maximum absolute atomic E-state index is 13.7. The van der Waals surface area contributed by atoms with Crippen LogP contribution in [0.25, 0.3) is 6.08 Å². The van der Waals surface area contributed by atoms with E-state index in [2.05, 4.69) is 4.99 Å². The molecule has 0 N–H and O–H groups in total. The summed E-state index contributed by atoms with van der Waals surface area (Å²) in [4.78, 5) is 32.0. The minimum atomic E-state index is -0.693. The van der Waals surface area contributed by atoms with Gasteiger partial charge >= 0.3 is 5.97 Å². The molecule has 3 aromatic rings. The summed E-state index contributed by atoms with van der Waals surface area (Å²) in [6.07, 6.45) is 1.46. The molecule has 2 aromatic carbocycles. The Labute approximate surface area is 218 Å². The van der Waals surface area contributed by atoms with E-state index in [9.17, 15) is 9.59 Å². The number of carbonyl (C=O) groups excluding carboxylic acids is 1. The van der Waals surface area contributed by atoms with Crippen molar-refractivity contribution in [3.63, 3.8) is 0 Å². The number of aromatic nitrogens is 1. The highest BCUT2D eigenvalue weighted by molar-refractivity contribution is 7.07. The van der Waals surface area contributed by atoms with Crippen LogP contribution in [0.3, 0.4) is 0 Å². The van der Waals surface area contributed by atoms with Gasteiger partial charge in [0.25, 0.3) is 5.56 Å². The number of nitrogens with zero attached hydrogens (tertiary/aromatic N) is 3. The second kappa shape index (κ2) is 11.3. The third-order valence-corrected chi connectivity index (χ3v) is 6.56. The number of hydrogen-bond acceptors (Lipinski definition) is 8. The lowest BCUT2D eigenvalue weighted by Gasteiger charge is -2.25. The highest BCUT2D eigenvalue weighted by Crippen LogP contribution is 2.32. The molecule has 0 fully saturated rings. The van der Waals surface area contributed by atoms with Crippen molar-refractivity contribution in [2.45, 2.75) is 39.8 Å². The topological polar surface area (TPSA) is 103 Å². The number of allylic oxidation sites excluding steroid dienone is 1. The van der Waals surface area contributed by atoms with E-state index in [4.69, 9.17) is 19.5 Å². The van der Waals surface area contributed by atoms with E-state index in [1.807, 2.05) is 49.4 Å². The lowest BCUT2D eigenvalue weighted by molar-refractivity contribution is -0.143. The summed E-state index contributed by atoms with van der Waals surface area (Å²) >= 11 is 1.26. The Bertz CT molecular complexity index is 1540. The molecule has 1 atom stereocenters. The number of benzene rings is 2. The van der Waals surface area contributed by atoms with Crippen LogP contribution in [-0.4, -0.2) is 29.9 Å². The summed E-state index contributed by atoms with van der Waals surface area (Å²) < 4.78 is 18.4. The number of esters is 1. The molecule has 1 aliphatic heterocycles. The molecule has 0 bridgehead atoms. The molecule has 8 nitrogen and oxygen atoms in total. The smallest absolute Gasteiger partial charge is 0.338 e. The van der Waals surface area contributed by atoms with Crippen LogP contribution in [0.15, 0.2) is 69.6 Å². The van der Waals surface area contributed by atoms with Crippen molar-refractivity contribution in [3.8, 4) is 17.6 Å². The number of nitriles is 1. The molecule has 0 aliphatic carbocycles. The van der Waals surface area contributed by atoms with E-state index in [0.717, 1.165) is 11.1 Å². The molecule has 190 valence electrons. The number of thiazole rings is 1. The monoisotopic (exact) mass is 517 g/mol. The summed E-state index contributed by atoms with van der Waals surface area (Å²) in [5, 5.41) is 8.68. The molecule has 9 heteroatoms. The van der Waals surface area contributed by atoms with Crippen molar-refractivity contribution in [1.29, 1.82) is 5.26 Å². The van der Waals surface area contributed by atoms with Crippen LogP contribution in [0.1, 0.15) is 44.9 Å². The van der Waals surface area contributed by atoms with Crippen molar-refractivity contribution >= 4 is 23.4 Å². The molecule has 0 amide bonds. The fourth-order valence-electron chi connectivity index (χ4n) is 4.02. The van der Waals surface area contributed by atoms with Gasteiger partial charge in [-0.25, -0.2) is 9.79 Å². The van der Waals surface area contributed by atoms with Gasteiger partial charge in [-0.2, -0.15) is 5.26 Å². The van der Waals surface area contributed by atoms with Crippen LogP contribution in [0.4, 0.5) is 0 Å². The van der Waals surface area contributed by atoms with Crippen molar-refractivity contribution < 1.29 is 19.0 Å². The van der Waals surface area contributed by atoms with Crippen molar-refractivity contribution in [1.82, 2.24) is 4.57 Å². The SMILES string of the molecule is CCOc1ccc([C@@H]2C(C(=O)OC(C)C)=C(C)N=c3s/c(=C/c4ccc(OCC#N)cc4)c(=O)n32)cc1. The van der Waals surface area contributed by atoms with E-state index in [0.29, 0.717) is 38.7 Å². The van der Waals surface area contributed by atoms with Gasteiger partial charge in [0.1, 0.15) is 17.6 Å². The lowest BCUT2D eigenvalue weighted by atomic mass is 9.96. The zero-order valence-electron chi connectivity index (χ0n) is 21.1. The van der Waals surface area contributed by atoms with Crippen LogP contribution < -0.4 is 24.4 Å². The predicted molar refractivity (Wildman–Crippen MR) is 140 cm³/mol. The Morgan fingerprint density at radius 2 is 1.78 bits per heavy atom. The Hall–Kier alpha value is -4.16. The predicted octanol–water partition coefficient (Wildman–Crippen LogP) is 3.49. The highest BCUT2D eigenvalue weighted by atomic mass is 32.1. The first kappa shape index (κ1) is 25.9. The first-order valence-electron chi connectivity index (χ1n) is 11.9. The fraction of sp³-hybridized carbons (Fsp3) is 0.286. The highest BCUT2D eigenvalue weighted by Gasteiger charge is 2.33. The molecule has 0 spiro atoms. The van der Waals surface area contributed by atoms with Gasteiger partial charge in [-0.3, -0.25) is 9.36 Å². The molecular formula is C28H27N3O5S. The fourth-order valence-corrected chi connectivity index (χ4v) is 5.06. The Balaban J connectivity index is 1.83. The second-order valence-electron chi connectivity index (χ2n) is 8.55. The van der Waals surface area contributed by atoms with Gasteiger partial charge in [0.05, 0.1) is 34.6 Å². The molecule has 1 aliphatic rings.